The molecule has 144 valence electrons. The topological polar surface area (TPSA) is 67.0 Å². The van der Waals surface area contributed by atoms with Gasteiger partial charge in [-0.2, -0.15) is 5.10 Å². The first-order valence-electron chi connectivity index (χ1n) is 9.00. The summed E-state index contributed by atoms with van der Waals surface area (Å²) in [4.78, 5) is 12.2. The third kappa shape index (κ3) is 3.62. The fourth-order valence-corrected chi connectivity index (χ4v) is 4.50. The summed E-state index contributed by atoms with van der Waals surface area (Å²) in [7, 11) is 0. The number of rotatable bonds is 4. The minimum absolute atomic E-state index is 0.0247. The molecular formula is C21H20FN3O2S. The first-order valence-corrected chi connectivity index (χ1v) is 9.94. The zero-order valence-corrected chi connectivity index (χ0v) is 16.3. The van der Waals surface area contributed by atoms with Crippen molar-refractivity contribution in [3.8, 4) is 5.75 Å². The van der Waals surface area contributed by atoms with Gasteiger partial charge in [0.25, 0.3) is 0 Å². The van der Waals surface area contributed by atoms with Gasteiger partial charge in [-0.15, -0.1) is 11.8 Å². The summed E-state index contributed by atoms with van der Waals surface area (Å²) < 4.78 is 19.5. The number of ether oxygens (including phenoxy) is 1. The number of nitrogens with zero attached hydrogens (tertiary/aromatic N) is 1. The molecule has 1 aliphatic rings. The fraction of sp³-hybridized carbons (Fsp3) is 0.238. The van der Waals surface area contributed by atoms with Gasteiger partial charge in [0, 0.05) is 16.8 Å². The van der Waals surface area contributed by atoms with Gasteiger partial charge in [0.15, 0.2) is 5.82 Å². The van der Waals surface area contributed by atoms with Gasteiger partial charge >= 0.3 is 0 Å². The number of aromatic amines is 1. The van der Waals surface area contributed by atoms with E-state index in [0.717, 1.165) is 16.8 Å². The summed E-state index contributed by atoms with van der Waals surface area (Å²) in [6, 6.07) is 14.3. The molecule has 4 rings (SSSR count). The average Bonchev–Trinajstić information content (AvgIpc) is 2.99. The highest BCUT2D eigenvalue weighted by molar-refractivity contribution is 8.01. The summed E-state index contributed by atoms with van der Waals surface area (Å²) in [5.41, 5.74) is 3.49. The number of halogens is 1. The Balaban J connectivity index is 1.55. The van der Waals surface area contributed by atoms with Gasteiger partial charge in [0.1, 0.15) is 18.2 Å². The van der Waals surface area contributed by atoms with Crippen molar-refractivity contribution >= 4 is 23.5 Å². The summed E-state index contributed by atoms with van der Waals surface area (Å²) in [6.07, 6.45) is 0. The number of hydrogen-bond acceptors (Lipinski definition) is 4. The Morgan fingerprint density at radius 2 is 1.93 bits per heavy atom. The molecule has 5 nitrogen and oxygen atoms in total. The van der Waals surface area contributed by atoms with E-state index in [1.165, 1.54) is 6.07 Å². The van der Waals surface area contributed by atoms with Crippen LogP contribution < -0.4 is 10.1 Å². The van der Waals surface area contributed by atoms with Crippen LogP contribution >= 0.6 is 11.8 Å². The molecule has 3 aromatic rings. The standard InChI is InChI=1S/C21H20FN3O2S/c1-12-18-19(28-13(2)21(26)23-20(18)25-24-12)14-7-9-16(10-8-14)27-11-15-5-3-4-6-17(15)22/h3-10,13,19H,11H2,1-2H3,(H2,23,24,25,26)/t13-,19+/m0/s1. The van der Waals surface area contributed by atoms with Crippen molar-refractivity contribution in [2.24, 2.45) is 0 Å². The lowest BCUT2D eigenvalue weighted by atomic mass is 10.0. The number of nitrogens with one attached hydrogen (secondary N) is 2. The van der Waals surface area contributed by atoms with Gasteiger partial charge in [-0.3, -0.25) is 9.89 Å². The van der Waals surface area contributed by atoms with Crippen LogP contribution in [-0.2, 0) is 11.4 Å². The van der Waals surface area contributed by atoms with E-state index in [2.05, 4.69) is 15.5 Å². The second-order valence-electron chi connectivity index (χ2n) is 6.71. The van der Waals surface area contributed by atoms with Gasteiger partial charge in [-0.1, -0.05) is 30.3 Å². The molecular weight excluding hydrogens is 377 g/mol. The molecule has 0 saturated heterocycles. The van der Waals surface area contributed by atoms with Crippen molar-refractivity contribution in [2.75, 3.05) is 5.32 Å². The molecule has 0 saturated carbocycles. The Labute approximate surface area is 166 Å². The maximum atomic E-state index is 13.7. The lowest BCUT2D eigenvalue weighted by Gasteiger charge is -2.18. The van der Waals surface area contributed by atoms with Crippen LogP contribution in [0.2, 0.25) is 0 Å². The average molecular weight is 397 g/mol. The minimum atomic E-state index is -0.275. The van der Waals surface area contributed by atoms with Gasteiger partial charge in [0.05, 0.1) is 10.5 Å². The molecule has 2 atom stereocenters. The van der Waals surface area contributed by atoms with E-state index in [1.807, 2.05) is 38.1 Å². The molecule has 0 bridgehead atoms. The summed E-state index contributed by atoms with van der Waals surface area (Å²) in [6.45, 7) is 4.02. The normalized spacial score (nSPS) is 18.9. The highest BCUT2D eigenvalue weighted by atomic mass is 32.2. The Morgan fingerprint density at radius 1 is 1.18 bits per heavy atom. The van der Waals surface area contributed by atoms with Crippen LogP contribution in [0.4, 0.5) is 10.2 Å². The van der Waals surface area contributed by atoms with E-state index in [1.54, 1.807) is 30.0 Å². The Hall–Kier alpha value is -2.80. The first kappa shape index (κ1) is 18.6. The van der Waals surface area contributed by atoms with Gasteiger partial charge in [-0.05, 0) is 37.6 Å². The van der Waals surface area contributed by atoms with Gasteiger partial charge in [0.2, 0.25) is 5.91 Å². The number of anilines is 1. The van der Waals surface area contributed by atoms with Crippen LogP contribution in [0.3, 0.4) is 0 Å². The molecule has 2 aromatic carbocycles. The van der Waals surface area contributed by atoms with Crippen LogP contribution in [0.5, 0.6) is 5.75 Å². The zero-order valence-electron chi connectivity index (χ0n) is 15.5. The number of aryl methyl sites for hydroxylation is 1. The van der Waals surface area contributed by atoms with E-state index in [-0.39, 0.29) is 28.8 Å². The third-order valence-electron chi connectivity index (χ3n) is 4.74. The van der Waals surface area contributed by atoms with E-state index in [9.17, 15) is 9.18 Å². The molecule has 0 radical (unpaired) electrons. The van der Waals surface area contributed by atoms with Crippen LogP contribution in [0.15, 0.2) is 48.5 Å². The number of fused-ring (bicyclic) bond motifs is 1. The molecule has 0 aliphatic carbocycles. The number of carbonyl (C=O) groups excluding carboxylic acids is 1. The van der Waals surface area contributed by atoms with Crippen LogP contribution in [0, 0.1) is 12.7 Å². The first-order chi connectivity index (χ1) is 13.5. The molecule has 7 heteroatoms. The number of carbonyl (C=O) groups is 1. The Kier molecular flexibility index (Phi) is 5.09. The van der Waals surface area contributed by atoms with Crippen molar-refractivity contribution in [2.45, 2.75) is 31.0 Å². The third-order valence-corrected chi connectivity index (χ3v) is 6.15. The van der Waals surface area contributed by atoms with Gasteiger partial charge < -0.3 is 10.1 Å². The molecule has 1 amide bonds. The second-order valence-corrected chi connectivity index (χ2v) is 8.16. The SMILES string of the molecule is Cc1[nH]nc2c1[C@@H](c1ccc(OCc3ccccc3F)cc1)S[C@@H](C)C(=O)N2. The van der Waals surface area contributed by atoms with Crippen LogP contribution in [0.25, 0.3) is 0 Å². The van der Waals surface area contributed by atoms with Crippen LogP contribution in [-0.4, -0.2) is 21.4 Å². The fourth-order valence-electron chi connectivity index (χ4n) is 3.17. The highest BCUT2D eigenvalue weighted by Crippen LogP contribution is 2.44. The second kappa shape index (κ2) is 7.67. The zero-order chi connectivity index (χ0) is 19.7. The molecule has 2 heterocycles. The number of thioether (sulfide) groups is 1. The number of benzene rings is 2. The van der Waals surface area contributed by atoms with Crippen molar-refractivity contribution in [1.82, 2.24) is 10.2 Å². The molecule has 0 spiro atoms. The van der Waals surface area contributed by atoms with E-state index in [4.69, 9.17) is 4.74 Å². The minimum Gasteiger partial charge on any atom is -0.489 e. The predicted molar refractivity (Wildman–Crippen MR) is 108 cm³/mol. The largest absolute Gasteiger partial charge is 0.489 e. The molecule has 1 aromatic heterocycles. The molecule has 2 N–H and O–H groups in total. The van der Waals surface area contributed by atoms with E-state index < -0.39 is 0 Å². The number of aromatic nitrogens is 2. The van der Waals surface area contributed by atoms with Crippen molar-refractivity contribution < 1.29 is 13.9 Å². The molecule has 0 unspecified atom stereocenters. The van der Waals surface area contributed by atoms with Crippen molar-refractivity contribution in [3.05, 3.63) is 76.7 Å². The summed E-state index contributed by atoms with van der Waals surface area (Å²) in [5, 5.41) is 9.86. The highest BCUT2D eigenvalue weighted by Gasteiger charge is 2.32. The predicted octanol–water partition coefficient (Wildman–Crippen LogP) is 4.60. The summed E-state index contributed by atoms with van der Waals surface area (Å²) in [5.74, 6) is 0.925. The van der Waals surface area contributed by atoms with Crippen LogP contribution in [0.1, 0.15) is 34.6 Å². The Bertz CT molecular complexity index is 1000. The van der Waals surface area contributed by atoms with E-state index in [0.29, 0.717) is 17.1 Å². The smallest absolute Gasteiger partial charge is 0.238 e. The number of H-pyrrole nitrogens is 1. The van der Waals surface area contributed by atoms with Crippen molar-refractivity contribution in [1.29, 1.82) is 0 Å². The van der Waals surface area contributed by atoms with Gasteiger partial charge in [-0.25, -0.2) is 4.39 Å². The molecule has 0 fully saturated rings. The molecule has 1 aliphatic heterocycles. The Morgan fingerprint density at radius 3 is 2.68 bits per heavy atom. The monoisotopic (exact) mass is 397 g/mol. The lowest BCUT2D eigenvalue weighted by molar-refractivity contribution is -0.115. The molecule has 28 heavy (non-hydrogen) atoms. The maximum Gasteiger partial charge on any atom is 0.238 e. The number of hydrogen-bond donors (Lipinski definition) is 2. The quantitative estimate of drug-likeness (QED) is 0.675. The summed E-state index contributed by atoms with van der Waals surface area (Å²) >= 11 is 1.59. The number of amides is 1. The maximum absolute atomic E-state index is 13.7. The lowest BCUT2D eigenvalue weighted by Crippen LogP contribution is -2.21. The van der Waals surface area contributed by atoms with E-state index >= 15 is 0 Å². The van der Waals surface area contributed by atoms with Crippen molar-refractivity contribution in [3.63, 3.8) is 0 Å².